The molecule has 4 saturated heterocycles. The van der Waals surface area contributed by atoms with Gasteiger partial charge in [-0.2, -0.15) is 0 Å². The lowest BCUT2D eigenvalue weighted by molar-refractivity contribution is -0.176. The Labute approximate surface area is 175 Å². The summed E-state index contributed by atoms with van der Waals surface area (Å²) in [5.41, 5.74) is -0.300. The summed E-state index contributed by atoms with van der Waals surface area (Å²) in [6.07, 6.45) is 0.115. The first-order chi connectivity index (χ1) is 14.4. The number of thiophene rings is 1. The molecule has 1 N–H and O–H groups in total. The van der Waals surface area contributed by atoms with Gasteiger partial charge in [0.25, 0.3) is 11.8 Å². The molecule has 6 rings (SSSR count). The average Bonchev–Trinajstić information content (AvgIpc) is 3.14. The molecule has 9 heteroatoms. The zero-order chi connectivity index (χ0) is 20.7. The van der Waals surface area contributed by atoms with E-state index >= 15 is 0 Å². The molecular weight excluding hydrogens is 406 g/mol. The van der Waals surface area contributed by atoms with Crippen molar-refractivity contribution in [1.29, 1.82) is 0 Å². The van der Waals surface area contributed by atoms with Crippen molar-refractivity contribution in [2.45, 2.75) is 6.42 Å². The molecule has 30 heavy (non-hydrogen) atoms. The van der Waals surface area contributed by atoms with Gasteiger partial charge in [-0.3, -0.25) is 24.5 Å². The molecule has 0 radical (unpaired) electrons. The number of hydrogen-bond acceptors (Lipinski definition) is 6. The fourth-order valence-electron chi connectivity index (χ4n) is 4.96. The van der Waals surface area contributed by atoms with Crippen LogP contribution in [0, 0.1) is 10.8 Å². The van der Waals surface area contributed by atoms with Gasteiger partial charge >= 0.3 is 0 Å². The Balaban J connectivity index is 1.30. The Kier molecular flexibility index (Phi) is 3.54. The van der Waals surface area contributed by atoms with Crippen LogP contribution in [0.1, 0.15) is 26.5 Å². The van der Waals surface area contributed by atoms with Crippen molar-refractivity contribution in [2.24, 2.45) is 10.8 Å². The Morgan fingerprint density at radius 2 is 1.70 bits per heavy atom. The molecule has 4 aliphatic heterocycles. The topological polar surface area (TPSA) is 96.0 Å². The number of imide groups is 1. The molecule has 0 saturated carbocycles. The quantitative estimate of drug-likeness (QED) is 0.720. The third kappa shape index (κ3) is 2.36. The van der Waals surface area contributed by atoms with E-state index in [-0.39, 0.29) is 48.6 Å². The lowest BCUT2D eigenvalue weighted by atomic mass is 9.77. The fraction of sp³-hybridized carbons (Fsp3) is 0.429. The summed E-state index contributed by atoms with van der Waals surface area (Å²) < 4.78 is 6.17. The first-order valence-electron chi connectivity index (χ1n) is 9.92. The number of ether oxygens (including phenoxy) is 1. The minimum atomic E-state index is -0.809. The fourth-order valence-corrected chi connectivity index (χ4v) is 6.13. The number of amides is 4. The van der Waals surface area contributed by atoms with Crippen LogP contribution in [0.5, 0.6) is 0 Å². The highest BCUT2D eigenvalue weighted by Crippen LogP contribution is 2.43. The molecule has 2 aromatic rings. The van der Waals surface area contributed by atoms with Crippen molar-refractivity contribution in [3.8, 4) is 0 Å². The standard InChI is InChI=1S/C21H19N3O5S/c25-14-5-21(19(28)22-14)8-24(9-21)17(26)15-12-3-1-2-4-13(12)30-16(15)18(27)23-6-20(7-23)10-29-11-20/h1-4H,5-11H2,(H,22,25,28). The third-order valence-electron chi connectivity index (χ3n) is 6.67. The van der Waals surface area contributed by atoms with Gasteiger partial charge in [0, 0.05) is 42.7 Å². The summed E-state index contributed by atoms with van der Waals surface area (Å²) >= 11 is 1.34. The maximum absolute atomic E-state index is 13.4. The van der Waals surface area contributed by atoms with Crippen LogP contribution < -0.4 is 5.32 Å². The van der Waals surface area contributed by atoms with Gasteiger partial charge in [-0.05, 0) is 6.07 Å². The van der Waals surface area contributed by atoms with Crippen LogP contribution in [0.15, 0.2) is 24.3 Å². The van der Waals surface area contributed by atoms with E-state index in [1.54, 1.807) is 9.80 Å². The zero-order valence-electron chi connectivity index (χ0n) is 16.1. The first-order valence-corrected chi connectivity index (χ1v) is 10.7. The number of nitrogens with one attached hydrogen (secondary N) is 1. The van der Waals surface area contributed by atoms with Crippen molar-refractivity contribution in [3.05, 3.63) is 34.7 Å². The molecule has 0 aliphatic carbocycles. The Morgan fingerprint density at radius 1 is 1.00 bits per heavy atom. The maximum Gasteiger partial charge on any atom is 0.264 e. The second-order valence-corrected chi connectivity index (χ2v) is 10.0. The minimum absolute atomic E-state index is 0.0999. The maximum atomic E-state index is 13.4. The minimum Gasteiger partial charge on any atom is -0.380 e. The van der Waals surface area contributed by atoms with Gasteiger partial charge in [0.1, 0.15) is 4.88 Å². The van der Waals surface area contributed by atoms with Gasteiger partial charge in [0.2, 0.25) is 11.8 Å². The van der Waals surface area contributed by atoms with Crippen LogP contribution in [0.3, 0.4) is 0 Å². The Bertz CT molecular complexity index is 1140. The van der Waals surface area contributed by atoms with Gasteiger partial charge in [0.15, 0.2) is 0 Å². The van der Waals surface area contributed by atoms with Crippen LogP contribution in [-0.4, -0.2) is 72.8 Å². The van der Waals surface area contributed by atoms with E-state index in [2.05, 4.69) is 5.32 Å². The van der Waals surface area contributed by atoms with E-state index in [0.717, 1.165) is 10.1 Å². The summed E-state index contributed by atoms with van der Waals surface area (Å²) in [7, 11) is 0. The van der Waals surface area contributed by atoms with Crippen LogP contribution in [-0.2, 0) is 14.3 Å². The number of nitrogens with zero attached hydrogens (tertiary/aromatic N) is 2. The number of fused-ring (bicyclic) bond motifs is 1. The van der Waals surface area contributed by atoms with E-state index in [1.165, 1.54) is 11.3 Å². The van der Waals surface area contributed by atoms with Crippen molar-refractivity contribution >= 4 is 45.1 Å². The number of carbonyl (C=O) groups excluding carboxylic acids is 4. The van der Waals surface area contributed by atoms with Gasteiger partial charge < -0.3 is 14.5 Å². The highest BCUT2D eigenvalue weighted by molar-refractivity contribution is 7.21. The molecule has 8 nitrogen and oxygen atoms in total. The highest BCUT2D eigenvalue weighted by Gasteiger charge is 2.57. The Hall–Kier alpha value is -2.78. The van der Waals surface area contributed by atoms with Gasteiger partial charge in [0.05, 0.1) is 29.6 Å². The Morgan fingerprint density at radius 3 is 2.33 bits per heavy atom. The molecule has 0 atom stereocenters. The lowest BCUT2D eigenvalue weighted by Gasteiger charge is -2.54. The van der Waals surface area contributed by atoms with Crippen LogP contribution >= 0.6 is 11.3 Å². The predicted octanol–water partition coefficient (Wildman–Crippen LogP) is 0.862. The smallest absolute Gasteiger partial charge is 0.264 e. The predicted molar refractivity (Wildman–Crippen MR) is 107 cm³/mol. The molecule has 2 spiro atoms. The SMILES string of the molecule is O=C1CC2(CN(C(=O)c3c(C(=O)N4CC5(COC5)C4)sc4ccccc34)C2)C(=O)N1. The summed E-state index contributed by atoms with van der Waals surface area (Å²) in [5.74, 6) is -0.982. The molecule has 4 aliphatic rings. The van der Waals surface area contributed by atoms with Gasteiger partial charge in [-0.1, -0.05) is 18.2 Å². The largest absolute Gasteiger partial charge is 0.380 e. The summed E-state index contributed by atoms with van der Waals surface area (Å²) in [6.45, 7) is 3.08. The molecule has 4 amide bonds. The molecule has 4 fully saturated rings. The molecule has 0 bridgehead atoms. The summed E-state index contributed by atoms with van der Waals surface area (Å²) in [4.78, 5) is 54.2. The molecule has 154 valence electrons. The summed E-state index contributed by atoms with van der Waals surface area (Å²) in [6, 6.07) is 7.50. The monoisotopic (exact) mass is 425 g/mol. The normalized spacial score (nSPS) is 23.3. The molecular formula is C21H19N3O5S. The van der Waals surface area contributed by atoms with Crippen molar-refractivity contribution in [1.82, 2.24) is 15.1 Å². The average molecular weight is 425 g/mol. The van der Waals surface area contributed by atoms with E-state index in [4.69, 9.17) is 4.74 Å². The molecule has 0 unspecified atom stereocenters. The number of likely N-dealkylation sites (tertiary alicyclic amines) is 2. The number of rotatable bonds is 2. The number of hydrogen-bond donors (Lipinski definition) is 1. The van der Waals surface area contributed by atoms with Crippen molar-refractivity contribution < 1.29 is 23.9 Å². The first kappa shape index (κ1) is 18.0. The second-order valence-electron chi connectivity index (χ2n) is 8.95. The second kappa shape index (κ2) is 5.89. The van der Waals surface area contributed by atoms with Crippen LogP contribution in [0.25, 0.3) is 10.1 Å². The molecule has 5 heterocycles. The van der Waals surface area contributed by atoms with E-state index in [0.29, 0.717) is 36.7 Å². The van der Waals surface area contributed by atoms with E-state index in [1.807, 2.05) is 24.3 Å². The van der Waals surface area contributed by atoms with Crippen LogP contribution in [0.2, 0.25) is 0 Å². The lowest BCUT2D eigenvalue weighted by Crippen LogP contribution is -2.67. The van der Waals surface area contributed by atoms with Crippen LogP contribution in [0.4, 0.5) is 0 Å². The van der Waals surface area contributed by atoms with Crippen molar-refractivity contribution in [3.63, 3.8) is 0 Å². The zero-order valence-corrected chi connectivity index (χ0v) is 16.9. The third-order valence-corrected chi connectivity index (χ3v) is 7.83. The van der Waals surface area contributed by atoms with Gasteiger partial charge in [-0.25, -0.2) is 0 Å². The van der Waals surface area contributed by atoms with Crippen molar-refractivity contribution in [2.75, 3.05) is 39.4 Å². The molecule has 1 aromatic heterocycles. The van der Waals surface area contributed by atoms with Gasteiger partial charge in [-0.15, -0.1) is 11.3 Å². The van der Waals surface area contributed by atoms with E-state index in [9.17, 15) is 19.2 Å². The summed E-state index contributed by atoms with van der Waals surface area (Å²) in [5, 5.41) is 3.08. The number of benzene rings is 1. The molecule has 1 aromatic carbocycles. The highest BCUT2D eigenvalue weighted by atomic mass is 32.1. The van der Waals surface area contributed by atoms with E-state index < -0.39 is 5.41 Å². The number of carbonyl (C=O) groups is 4.